The van der Waals surface area contributed by atoms with E-state index in [1.54, 1.807) is 14.0 Å². The lowest BCUT2D eigenvalue weighted by molar-refractivity contribution is 0.404. The van der Waals surface area contributed by atoms with Crippen molar-refractivity contribution in [1.82, 2.24) is 0 Å². The summed E-state index contributed by atoms with van der Waals surface area (Å²) in [6, 6.07) is 4.16. The molecule has 1 aliphatic carbocycles. The van der Waals surface area contributed by atoms with Gasteiger partial charge in [-0.15, -0.1) is 11.8 Å². The number of hydrogen-bond acceptors (Lipinski definition) is 2. The molecule has 0 amide bonds. The molecule has 0 heterocycles. The van der Waals surface area contributed by atoms with Crippen LogP contribution in [0.25, 0.3) is 0 Å². The molecular formula is C12H16OS. The van der Waals surface area contributed by atoms with E-state index in [0.717, 1.165) is 23.5 Å². The predicted octanol–water partition coefficient (Wildman–Crippen LogP) is 3.30. The third-order valence-corrected chi connectivity index (χ3v) is 3.33. The number of rotatable bonds is 3. The summed E-state index contributed by atoms with van der Waals surface area (Å²) in [5.41, 5.74) is 1.45. The van der Waals surface area contributed by atoms with Gasteiger partial charge in [0.15, 0.2) is 0 Å². The highest BCUT2D eigenvalue weighted by Gasteiger charge is 2.14. The summed E-state index contributed by atoms with van der Waals surface area (Å²) < 4.78 is 20.6. The Labute approximate surface area is 92.7 Å². The van der Waals surface area contributed by atoms with Gasteiger partial charge in [-0.1, -0.05) is 6.92 Å². The molecule has 1 aliphatic rings. The first-order valence-corrected chi connectivity index (χ1v) is 5.70. The molecule has 0 bridgehead atoms. The van der Waals surface area contributed by atoms with Crippen molar-refractivity contribution in [2.24, 2.45) is 0 Å². The van der Waals surface area contributed by atoms with Crippen LogP contribution in [0.2, 0.25) is 0 Å². The average Bonchev–Trinajstić information content (AvgIpc) is 2.60. The molecule has 0 saturated carbocycles. The molecule has 0 aromatic heterocycles. The van der Waals surface area contributed by atoms with Crippen LogP contribution >= 0.6 is 11.8 Å². The van der Waals surface area contributed by atoms with Crippen molar-refractivity contribution in [2.75, 3.05) is 12.8 Å². The summed E-state index contributed by atoms with van der Waals surface area (Å²) in [5.74, 6) is 0.802. The lowest BCUT2D eigenvalue weighted by Crippen LogP contribution is -1.91. The molecule has 2 rings (SSSR count). The van der Waals surface area contributed by atoms with E-state index in [0.29, 0.717) is 0 Å². The van der Waals surface area contributed by atoms with Crippen molar-refractivity contribution in [1.29, 1.82) is 0 Å². The van der Waals surface area contributed by atoms with E-state index < -0.39 is 5.70 Å². The largest absolute Gasteiger partial charge is 0.496 e. The Morgan fingerprint density at radius 3 is 2.93 bits per heavy atom. The number of hydrogen-bond donors (Lipinski definition) is 0. The molecule has 0 unspecified atom stereocenters. The van der Waals surface area contributed by atoms with E-state index in [1.165, 1.54) is 29.3 Å². The summed E-state index contributed by atoms with van der Waals surface area (Å²) in [4.78, 5) is 0.913. The van der Waals surface area contributed by atoms with Crippen LogP contribution in [-0.4, -0.2) is 12.8 Å². The molecular weight excluding hydrogens is 193 g/mol. The van der Waals surface area contributed by atoms with Crippen LogP contribution in [-0.2, 0) is 12.8 Å². The fraction of sp³-hybridized carbons (Fsp3) is 0.500. The maximum atomic E-state index is 7.61. The first kappa shape index (κ1) is 7.63. The van der Waals surface area contributed by atoms with E-state index in [4.69, 9.17) is 7.48 Å². The quantitative estimate of drug-likeness (QED) is 0.559. The summed E-state index contributed by atoms with van der Waals surface area (Å²) in [6.45, 7) is 1.57. The molecule has 0 saturated heterocycles. The van der Waals surface area contributed by atoms with Crippen molar-refractivity contribution in [3.8, 4) is 5.75 Å². The normalized spacial score (nSPS) is 20.7. The monoisotopic (exact) mass is 210 g/mol. The van der Waals surface area contributed by atoms with Gasteiger partial charge in [0.05, 0.1) is 7.11 Å². The zero-order valence-electron chi connectivity index (χ0n) is 10.6. The van der Waals surface area contributed by atoms with E-state index in [-0.39, 0.29) is 0 Å². The number of benzene rings is 1. The lowest BCUT2D eigenvalue weighted by Gasteiger charge is -2.10. The summed E-state index contributed by atoms with van der Waals surface area (Å²) in [5, 5.41) is 0. The van der Waals surface area contributed by atoms with Gasteiger partial charge in [-0.05, 0) is 48.2 Å². The third kappa shape index (κ3) is 1.76. The zero-order valence-corrected chi connectivity index (χ0v) is 9.41. The molecule has 0 fully saturated rings. The molecule has 1 nitrogen and oxygen atoms in total. The summed E-state index contributed by atoms with van der Waals surface area (Å²) in [7, 11) is 1.64. The van der Waals surface area contributed by atoms with E-state index in [1.807, 2.05) is 0 Å². The van der Waals surface area contributed by atoms with E-state index >= 15 is 0 Å². The Hall–Kier alpha value is -0.630. The van der Waals surface area contributed by atoms with Crippen LogP contribution in [0.3, 0.4) is 0 Å². The summed E-state index contributed by atoms with van der Waals surface area (Å²) in [6.07, 6.45) is 3.43. The maximum Gasteiger partial charge on any atom is 0.132 e. The lowest BCUT2D eigenvalue weighted by atomic mass is 10.1. The molecule has 14 heavy (non-hydrogen) atoms. The average molecular weight is 210 g/mol. The Balaban J connectivity index is 2.36. The molecule has 2 heteroatoms. The molecule has 1 aromatic rings. The minimum atomic E-state index is -1.26. The van der Waals surface area contributed by atoms with Gasteiger partial charge in [-0.3, -0.25) is 0 Å². The van der Waals surface area contributed by atoms with Gasteiger partial charge >= 0.3 is 0 Å². The van der Waals surface area contributed by atoms with Gasteiger partial charge in [-0.25, -0.2) is 0 Å². The smallest absolute Gasteiger partial charge is 0.132 e. The number of methoxy groups -OCH3 is 1. The van der Waals surface area contributed by atoms with Crippen LogP contribution in [0.15, 0.2) is 17.0 Å². The Bertz CT molecular complexity index is 399. The van der Waals surface area contributed by atoms with Gasteiger partial charge < -0.3 is 4.74 Å². The minimum absolute atomic E-state index is 0.802. The fourth-order valence-electron chi connectivity index (χ4n) is 1.93. The summed E-state index contributed by atoms with van der Waals surface area (Å²) >= 11 is 1.23. The van der Waals surface area contributed by atoms with Crippen molar-refractivity contribution >= 4 is 11.8 Å². The zero-order chi connectivity index (χ0) is 11.8. The molecule has 0 spiro atoms. The van der Waals surface area contributed by atoms with Crippen molar-refractivity contribution in [3.05, 3.63) is 23.3 Å². The molecule has 0 radical (unpaired) electrons. The second kappa shape index (κ2) is 4.26. The highest BCUT2D eigenvalue weighted by atomic mass is 32.2. The molecule has 76 valence electrons. The van der Waals surface area contributed by atoms with Crippen molar-refractivity contribution in [2.45, 2.75) is 31.1 Å². The fourth-order valence-corrected chi connectivity index (χ4v) is 2.59. The van der Waals surface area contributed by atoms with Gasteiger partial charge in [-0.2, -0.15) is 0 Å². The topological polar surface area (TPSA) is 9.23 Å². The van der Waals surface area contributed by atoms with Crippen LogP contribution in [0.5, 0.6) is 5.75 Å². The van der Waals surface area contributed by atoms with E-state index in [2.05, 4.69) is 12.1 Å². The van der Waals surface area contributed by atoms with Crippen molar-refractivity contribution < 1.29 is 7.48 Å². The number of aryl methyl sites for hydroxylation is 2. The van der Waals surface area contributed by atoms with Crippen LogP contribution in [0.4, 0.5) is 0 Å². The van der Waals surface area contributed by atoms with Crippen LogP contribution in [0, 0.1) is 0 Å². The number of fused-ring (bicyclic) bond motifs is 1. The van der Waals surface area contributed by atoms with E-state index in [9.17, 15) is 0 Å². The molecule has 1 atom stereocenters. The van der Waals surface area contributed by atoms with Crippen LogP contribution in [0.1, 0.15) is 27.2 Å². The van der Waals surface area contributed by atoms with Gasteiger partial charge in [0.25, 0.3) is 0 Å². The maximum absolute atomic E-state index is 7.61. The Kier molecular flexibility index (Phi) is 2.32. The van der Waals surface area contributed by atoms with Crippen molar-refractivity contribution in [3.63, 3.8) is 0 Å². The molecule has 0 aliphatic heterocycles. The first-order valence-electron chi connectivity index (χ1n) is 5.88. The number of ether oxygens (including phenoxy) is 1. The molecule has 0 N–H and O–H groups in total. The van der Waals surface area contributed by atoms with Gasteiger partial charge in [0.1, 0.15) is 5.75 Å². The Morgan fingerprint density at radius 1 is 1.57 bits per heavy atom. The third-order valence-electron chi connectivity index (χ3n) is 2.59. The standard InChI is InChI=1S/C12H16OS/c1-3-14-12-8-10-6-4-5-9(10)7-11(12)13-2/h7-8H,3-6H2,1-2H3/i3+1DH/t3-/m1/s1. The van der Waals surface area contributed by atoms with Gasteiger partial charge in [0, 0.05) is 7.64 Å². The minimum Gasteiger partial charge on any atom is -0.496 e. The SMILES string of the molecule is [1H][13C@@]([2H])(C)Sc1cc2c(cc1OC)CCC2. The highest BCUT2D eigenvalue weighted by Crippen LogP contribution is 2.35. The second-order valence-corrected chi connectivity index (χ2v) is 4.48. The van der Waals surface area contributed by atoms with Crippen LogP contribution < -0.4 is 4.74 Å². The first-order chi connectivity index (χ1) is 7.49. The molecule has 1 aromatic carbocycles. The second-order valence-electron chi connectivity index (χ2n) is 3.43. The predicted molar refractivity (Wildman–Crippen MR) is 61.4 cm³/mol. The Morgan fingerprint density at radius 2 is 2.29 bits per heavy atom. The number of thioether (sulfide) groups is 1. The highest BCUT2D eigenvalue weighted by molar-refractivity contribution is 7.99. The van der Waals surface area contributed by atoms with Gasteiger partial charge in [0.2, 0.25) is 0 Å².